The van der Waals surface area contributed by atoms with Crippen LogP contribution in [0.25, 0.3) is 0 Å². The molecule has 0 radical (unpaired) electrons. The molecule has 1 atom stereocenters. The van der Waals surface area contributed by atoms with Crippen LogP contribution in [0.2, 0.25) is 0 Å². The quantitative estimate of drug-likeness (QED) is 0.332. The Bertz CT molecular complexity index is 493. The molecule has 0 saturated carbocycles. The van der Waals surface area contributed by atoms with Gasteiger partial charge in [-0.05, 0) is 19.1 Å². The Morgan fingerprint density at radius 3 is 2.78 bits per heavy atom. The molecule has 2 rings (SSSR count). The summed E-state index contributed by atoms with van der Waals surface area (Å²) in [5.74, 6) is -0.142. The first kappa shape index (κ1) is 12.2. The zero-order valence-corrected chi connectivity index (χ0v) is 9.35. The van der Waals surface area contributed by atoms with E-state index in [0.29, 0.717) is 5.69 Å². The van der Waals surface area contributed by atoms with E-state index in [0.717, 1.165) is 0 Å². The summed E-state index contributed by atoms with van der Waals surface area (Å²) in [7, 11) is 0. The molecule has 0 saturated heterocycles. The van der Waals surface area contributed by atoms with E-state index in [-0.39, 0.29) is 17.3 Å². The molecule has 1 aromatic carbocycles. The Morgan fingerprint density at radius 1 is 1.44 bits per heavy atom. The molecule has 0 fully saturated rings. The molecule has 0 bridgehead atoms. The van der Waals surface area contributed by atoms with Gasteiger partial charge in [-0.2, -0.15) is 0 Å². The number of halogens is 2. The minimum absolute atomic E-state index is 0.0296. The van der Waals surface area contributed by atoms with Crippen LogP contribution in [0.15, 0.2) is 23.4 Å². The van der Waals surface area contributed by atoms with Gasteiger partial charge >= 0.3 is 6.29 Å². The number of anilines is 1. The molecule has 98 valence electrons. The molecule has 4 N–H and O–H groups in total. The molecule has 1 aliphatic rings. The van der Waals surface area contributed by atoms with Gasteiger partial charge in [-0.3, -0.25) is 0 Å². The minimum Gasteiger partial charge on any atom is -0.409 e. The standard InChI is InChI=1S/C10H11F2N3O3/c1-5(9(13)15-16)14-6-2-3-7-8(4-6)18-10(11,12)17-7/h2-5,14,16H,1H3,(H2,13,15). The van der Waals surface area contributed by atoms with Crippen LogP contribution in [0.5, 0.6) is 11.5 Å². The molecule has 0 amide bonds. The lowest BCUT2D eigenvalue weighted by atomic mass is 10.2. The lowest BCUT2D eigenvalue weighted by molar-refractivity contribution is -0.286. The summed E-state index contributed by atoms with van der Waals surface area (Å²) >= 11 is 0. The van der Waals surface area contributed by atoms with Crippen LogP contribution in [-0.2, 0) is 0 Å². The maximum atomic E-state index is 12.8. The number of nitrogens with two attached hydrogens (primary N) is 1. The highest BCUT2D eigenvalue weighted by Gasteiger charge is 2.43. The first-order valence-corrected chi connectivity index (χ1v) is 5.05. The summed E-state index contributed by atoms with van der Waals surface area (Å²) in [5, 5.41) is 14.2. The summed E-state index contributed by atoms with van der Waals surface area (Å²) in [6.07, 6.45) is -3.64. The van der Waals surface area contributed by atoms with Crippen LogP contribution >= 0.6 is 0 Å². The summed E-state index contributed by atoms with van der Waals surface area (Å²) < 4.78 is 34.1. The van der Waals surface area contributed by atoms with Crippen LogP contribution in [0.1, 0.15) is 6.92 Å². The molecule has 6 nitrogen and oxygen atoms in total. The van der Waals surface area contributed by atoms with Crippen LogP contribution in [0.3, 0.4) is 0 Å². The Hall–Kier alpha value is -2.25. The number of amidine groups is 1. The number of ether oxygens (including phenoxy) is 2. The van der Waals surface area contributed by atoms with Crippen molar-refractivity contribution in [1.29, 1.82) is 0 Å². The number of benzene rings is 1. The smallest absolute Gasteiger partial charge is 0.409 e. The van der Waals surface area contributed by atoms with Gasteiger partial charge in [0.05, 0.1) is 6.04 Å². The van der Waals surface area contributed by atoms with Gasteiger partial charge in [0, 0.05) is 11.8 Å². The summed E-state index contributed by atoms with van der Waals surface area (Å²) in [4.78, 5) is 0. The lowest BCUT2D eigenvalue weighted by Crippen LogP contribution is -2.32. The van der Waals surface area contributed by atoms with E-state index in [4.69, 9.17) is 10.9 Å². The number of nitrogens with one attached hydrogen (secondary N) is 1. The highest BCUT2D eigenvalue weighted by molar-refractivity contribution is 5.87. The predicted molar refractivity (Wildman–Crippen MR) is 59.1 cm³/mol. The van der Waals surface area contributed by atoms with Crippen LogP contribution in [-0.4, -0.2) is 23.4 Å². The molecule has 1 aliphatic heterocycles. The van der Waals surface area contributed by atoms with Crippen molar-refractivity contribution >= 4 is 11.5 Å². The lowest BCUT2D eigenvalue weighted by Gasteiger charge is -2.13. The summed E-state index contributed by atoms with van der Waals surface area (Å²) in [6, 6.07) is 3.75. The van der Waals surface area contributed by atoms with E-state index in [9.17, 15) is 8.78 Å². The molecule has 1 aromatic rings. The van der Waals surface area contributed by atoms with Crippen LogP contribution in [0.4, 0.5) is 14.5 Å². The minimum atomic E-state index is -3.64. The second kappa shape index (κ2) is 4.21. The number of alkyl halides is 2. The molecule has 0 aromatic heterocycles. The van der Waals surface area contributed by atoms with Crippen molar-refractivity contribution in [3.05, 3.63) is 18.2 Å². The van der Waals surface area contributed by atoms with Gasteiger partial charge < -0.3 is 25.7 Å². The Morgan fingerprint density at radius 2 is 2.11 bits per heavy atom. The average Bonchev–Trinajstić information content (AvgIpc) is 2.61. The average molecular weight is 259 g/mol. The second-order valence-electron chi connectivity index (χ2n) is 3.72. The molecule has 8 heteroatoms. The summed E-state index contributed by atoms with van der Waals surface area (Å²) in [6.45, 7) is 1.65. The molecule has 1 heterocycles. The molecular weight excluding hydrogens is 248 g/mol. The van der Waals surface area contributed by atoms with E-state index < -0.39 is 12.3 Å². The SMILES string of the molecule is CC(Nc1ccc2c(c1)OC(F)(F)O2)/C(N)=N/O. The van der Waals surface area contributed by atoms with E-state index in [1.54, 1.807) is 6.92 Å². The topological polar surface area (TPSA) is 89.1 Å². The van der Waals surface area contributed by atoms with Gasteiger partial charge in [0.15, 0.2) is 17.3 Å². The van der Waals surface area contributed by atoms with E-state index >= 15 is 0 Å². The van der Waals surface area contributed by atoms with Gasteiger partial charge in [-0.1, -0.05) is 5.16 Å². The van der Waals surface area contributed by atoms with Crippen molar-refractivity contribution in [2.45, 2.75) is 19.3 Å². The van der Waals surface area contributed by atoms with Crippen molar-refractivity contribution in [3.8, 4) is 11.5 Å². The maximum Gasteiger partial charge on any atom is 0.586 e. The molecular formula is C10H11F2N3O3. The third kappa shape index (κ3) is 2.36. The monoisotopic (exact) mass is 259 g/mol. The van der Waals surface area contributed by atoms with Crippen molar-refractivity contribution in [2.24, 2.45) is 10.9 Å². The second-order valence-corrected chi connectivity index (χ2v) is 3.72. The Labute approximate surface area is 101 Å². The number of hydrogen-bond donors (Lipinski definition) is 3. The number of oxime groups is 1. The third-order valence-electron chi connectivity index (χ3n) is 2.34. The van der Waals surface area contributed by atoms with Gasteiger partial charge in [0.25, 0.3) is 0 Å². The fraction of sp³-hybridized carbons (Fsp3) is 0.300. The van der Waals surface area contributed by atoms with Crippen LogP contribution < -0.4 is 20.5 Å². The number of rotatable bonds is 3. The van der Waals surface area contributed by atoms with E-state index in [1.165, 1.54) is 18.2 Å². The van der Waals surface area contributed by atoms with E-state index in [1.807, 2.05) is 0 Å². The zero-order valence-electron chi connectivity index (χ0n) is 9.35. The molecule has 1 unspecified atom stereocenters. The van der Waals surface area contributed by atoms with Crippen molar-refractivity contribution in [1.82, 2.24) is 0 Å². The Balaban J connectivity index is 2.14. The number of fused-ring (bicyclic) bond motifs is 1. The number of nitrogens with zero attached hydrogens (tertiary/aromatic N) is 1. The fourth-order valence-corrected chi connectivity index (χ4v) is 1.45. The highest BCUT2D eigenvalue weighted by atomic mass is 19.3. The molecule has 0 spiro atoms. The van der Waals surface area contributed by atoms with Crippen molar-refractivity contribution in [3.63, 3.8) is 0 Å². The maximum absolute atomic E-state index is 12.8. The van der Waals surface area contributed by atoms with Gasteiger partial charge in [0.1, 0.15) is 0 Å². The predicted octanol–water partition coefficient (Wildman–Crippen LogP) is 1.55. The molecule has 0 aliphatic carbocycles. The van der Waals surface area contributed by atoms with Crippen molar-refractivity contribution < 1.29 is 23.5 Å². The van der Waals surface area contributed by atoms with Gasteiger partial charge in [-0.15, -0.1) is 8.78 Å². The normalized spacial score (nSPS) is 18.5. The van der Waals surface area contributed by atoms with Gasteiger partial charge in [0.2, 0.25) is 0 Å². The number of hydrogen-bond acceptors (Lipinski definition) is 5. The largest absolute Gasteiger partial charge is 0.586 e. The zero-order chi connectivity index (χ0) is 13.3. The highest BCUT2D eigenvalue weighted by Crippen LogP contribution is 2.42. The Kier molecular flexibility index (Phi) is 2.85. The van der Waals surface area contributed by atoms with E-state index in [2.05, 4.69) is 19.9 Å². The summed E-state index contributed by atoms with van der Waals surface area (Å²) in [5.41, 5.74) is 5.86. The van der Waals surface area contributed by atoms with Crippen molar-refractivity contribution in [2.75, 3.05) is 5.32 Å². The van der Waals surface area contributed by atoms with Crippen LogP contribution in [0, 0.1) is 0 Å². The first-order chi connectivity index (χ1) is 8.41. The fourth-order valence-electron chi connectivity index (χ4n) is 1.45. The van der Waals surface area contributed by atoms with Gasteiger partial charge in [-0.25, -0.2) is 0 Å². The third-order valence-corrected chi connectivity index (χ3v) is 2.34. The molecule has 18 heavy (non-hydrogen) atoms. The first-order valence-electron chi connectivity index (χ1n) is 5.05.